The first-order valence-electron chi connectivity index (χ1n) is 10.1. The third-order valence-electron chi connectivity index (χ3n) is 5.55. The van der Waals surface area contributed by atoms with Gasteiger partial charge in [-0.3, -0.25) is 0 Å². The Morgan fingerprint density at radius 3 is 2.16 bits per heavy atom. The van der Waals surface area contributed by atoms with E-state index in [4.69, 9.17) is 0 Å². The normalized spacial score (nSPS) is 14.2. The van der Waals surface area contributed by atoms with Gasteiger partial charge in [0.15, 0.2) is 0 Å². The Balaban J connectivity index is 3.24. The fourth-order valence-corrected chi connectivity index (χ4v) is 3.04. The molecule has 1 aromatic rings. The standard InChI is InChI=1S/C24H37B/c1-8-9-11-16-24(21(6)19(2)3)25(22(7)20(4)5)18-17-23-14-12-10-13-15-23/h10,12-16,19-22H,8-9,11H2,1-7H3/b24-16-. The van der Waals surface area contributed by atoms with Gasteiger partial charge in [0.1, 0.15) is 0 Å². The zero-order valence-electron chi connectivity index (χ0n) is 17.5. The van der Waals surface area contributed by atoms with E-state index in [-0.39, 0.29) is 0 Å². The average molecular weight is 336 g/mol. The van der Waals surface area contributed by atoms with Gasteiger partial charge >= 0.3 is 0 Å². The Bertz CT molecular complexity index is 571. The van der Waals surface area contributed by atoms with Crippen LogP contribution in [0.2, 0.25) is 5.82 Å². The lowest BCUT2D eigenvalue weighted by Gasteiger charge is -2.28. The second-order valence-electron chi connectivity index (χ2n) is 8.10. The summed E-state index contributed by atoms with van der Waals surface area (Å²) in [6, 6.07) is 10.4. The van der Waals surface area contributed by atoms with Gasteiger partial charge in [0, 0.05) is 5.56 Å². The Kier molecular flexibility index (Phi) is 9.73. The molecule has 0 saturated carbocycles. The van der Waals surface area contributed by atoms with Crippen LogP contribution in [0.1, 0.15) is 73.3 Å². The molecule has 0 aliphatic rings. The largest absolute Gasteiger partial charge is 0.263 e. The molecular weight excluding hydrogens is 299 g/mol. The van der Waals surface area contributed by atoms with Gasteiger partial charge in [-0.05, 0) is 42.1 Å². The van der Waals surface area contributed by atoms with Crippen molar-refractivity contribution in [2.24, 2.45) is 17.8 Å². The Morgan fingerprint density at radius 1 is 1.00 bits per heavy atom. The number of hydrogen-bond donors (Lipinski definition) is 0. The van der Waals surface area contributed by atoms with Gasteiger partial charge in [-0.25, -0.2) is 0 Å². The minimum absolute atomic E-state index is 0.342. The van der Waals surface area contributed by atoms with E-state index in [9.17, 15) is 0 Å². The molecule has 0 aromatic heterocycles. The molecule has 0 fully saturated rings. The molecular formula is C24H37B. The van der Waals surface area contributed by atoms with Crippen molar-refractivity contribution in [1.82, 2.24) is 0 Å². The van der Waals surface area contributed by atoms with Crippen LogP contribution in [0, 0.1) is 29.5 Å². The fourth-order valence-electron chi connectivity index (χ4n) is 3.04. The van der Waals surface area contributed by atoms with Crippen molar-refractivity contribution in [2.75, 3.05) is 0 Å². The molecule has 0 spiro atoms. The summed E-state index contributed by atoms with van der Waals surface area (Å²) in [6.45, 7) is 16.7. The van der Waals surface area contributed by atoms with Gasteiger partial charge in [-0.15, -0.1) is 5.82 Å². The monoisotopic (exact) mass is 336 g/mol. The van der Waals surface area contributed by atoms with E-state index in [1.807, 2.05) is 0 Å². The molecule has 0 N–H and O–H groups in total. The van der Waals surface area contributed by atoms with Crippen molar-refractivity contribution in [1.29, 1.82) is 0 Å². The lowest BCUT2D eigenvalue weighted by Crippen LogP contribution is -2.29. The highest BCUT2D eigenvalue weighted by molar-refractivity contribution is 6.76. The topological polar surface area (TPSA) is 0 Å². The Morgan fingerprint density at radius 2 is 1.64 bits per heavy atom. The van der Waals surface area contributed by atoms with Crippen molar-refractivity contribution in [3.8, 4) is 11.7 Å². The third kappa shape index (κ3) is 7.15. The zero-order chi connectivity index (χ0) is 18.8. The number of rotatable bonds is 8. The molecule has 136 valence electrons. The fraction of sp³-hybridized carbons (Fsp3) is 0.583. The van der Waals surface area contributed by atoms with Crippen LogP contribution in [-0.4, -0.2) is 6.71 Å². The maximum absolute atomic E-state index is 3.66. The van der Waals surface area contributed by atoms with Gasteiger partial charge in [0.2, 0.25) is 0 Å². The van der Waals surface area contributed by atoms with Gasteiger partial charge < -0.3 is 0 Å². The summed E-state index contributed by atoms with van der Waals surface area (Å²) in [5.41, 5.74) is 2.68. The van der Waals surface area contributed by atoms with Gasteiger partial charge in [0.05, 0.1) is 0 Å². The lowest BCUT2D eigenvalue weighted by atomic mass is 9.33. The summed E-state index contributed by atoms with van der Waals surface area (Å²) < 4.78 is 0. The summed E-state index contributed by atoms with van der Waals surface area (Å²) in [6.07, 6.45) is 6.21. The van der Waals surface area contributed by atoms with Crippen molar-refractivity contribution in [3.05, 3.63) is 47.4 Å². The van der Waals surface area contributed by atoms with Gasteiger partial charge in [0.25, 0.3) is 6.71 Å². The number of allylic oxidation sites excluding steroid dienone is 2. The van der Waals surface area contributed by atoms with Crippen LogP contribution in [0.4, 0.5) is 0 Å². The van der Waals surface area contributed by atoms with Crippen LogP contribution in [0.15, 0.2) is 41.9 Å². The minimum atomic E-state index is 0.342. The maximum Gasteiger partial charge on any atom is 0.263 e. The van der Waals surface area contributed by atoms with Crippen LogP contribution >= 0.6 is 0 Å². The van der Waals surface area contributed by atoms with Crippen molar-refractivity contribution in [2.45, 2.75) is 73.5 Å². The van der Waals surface area contributed by atoms with Crippen molar-refractivity contribution >= 4 is 6.71 Å². The quantitative estimate of drug-likeness (QED) is 0.271. The maximum atomic E-state index is 3.66. The van der Waals surface area contributed by atoms with Crippen LogP contribution in [0.5, 0.6) is 0 Å². The van der Waals surface area contributed by atoms with Gasteiger partial charge in [-0.2, -0.15) is 0 Å². The second kappa shape index (κ2) is 11.2. The summed E-state index contributed by atoms with van der Waals surface area (Å²) in [4.78, 5) is 0. The average Bonchev–Trinajstić information content (AvgIpc) is 2.60. The number of benzene rings is 1. The zero-order valence-corrected chi connectivity index (χ0v) is 17.5. The van der Waals surface area contributed by atoms with Crippen LogP contribution in [0.3, 0.4) is 0 Å². The Labute approximate surface area is 157 Å². The molecule has 0 aliphatic heterocycles. The summed E-state index contributed by atoms with van der Waals surface area (Å²) in [7, 11) is 0. The lowest BCUT2D eigenvalue weighted by molar-refractivity contribution is 0.489. The molecule has 1 rings (SSSR count). The highest BCUT2D eigenvalue weighted by Crippen LogP contribution is 2.31. The first-order valence-corrected chi connectivity index (χ1v) is 10.1. The molecule has 25 heavy (non-hydrogen) atoms. The molecule has 0 radical (unpaired) electrons. The molecule has 0 heterocycles. The molecule has 1 heteroatoms. The molecule has 1 aromatic carbocycles. The van der Waals surface area contributed by atoms with Crippen LogP contribution in [-0.2, 0) is 0 Å². The molecule has 0 nitrogen and oxygen atoms in total. The summed E-state index contributed by atoms with van der Waals surface area (Å²) in [5, 5.41) is 0. The minimum Gasteiger partial charge on any atom is -0.144 e. The van der Waals surface area contributed by atoms with Crippen molar-refractivity contribution in [3.63, 3.8) is 0 Å². The summed E-state index contributed by atoms with van der Waals surface area (Å²) >= 11 is 0. The van der Waals surface area contributed by atoms with E-state index in [1.54, 1.807) is 5.47 Å². The smallest absolute Gasteiger partial charge is 0.144 e. The molecule has 0 amide bonds. The van der Waals surface area contributed by atoms with Crippen LogP contribution < -0.4 is 0 Å². The molecule has 0 bridgehead atoms. The van der Waals surface area contributed by atoms with Gasteiger partial charge in [-0.1, -0.05) is 97.0 Å². The predicted octanol–water partition coefficient (Wildman–Crippen LogP) is 7.07. The van der Waals surface area contributed by atoms with E-state index >= 15 is 0 Å². The van der Waals surface area contributed by atoms with E-state index in [0.717, 1.165) is 5.56 Å². The predicted molar refractivity (Wildman–Crippen MR) is 115 cm³/mol. The van der Waals surface area contributed by atoms with E-state index in [0.29, 0.717) is 30.3 Å². The third-order valence-corrected chi connectivity index (χ3v) is 5.55. The van der Waals surface area contributed by atoms with E-state index in [1.165, 1.54) is 19.3 Å². The highest BCUT2D eigenvalue weighted by Gasteiger charge is 2.30. The first-order chi connectivity index (χ1) is 11.9. The molecule has 2 atom stereocenters. The van der Waals surface area contributed by atoms with Crippen molar-refractivity contribution < 1.29 is 0 Å². The SMILES string of the molecule is CCCC/C=C(\B(C#Cc1ccccc1)C(C)C(C)C)C(C)C(C)C. The van der Waals surface area contributed by atoms with E-state index in [2.05, 4.69) is 96.6 Å². The summed E-state index contributed by atoms with van der Waals surface area (Å²) in [5.74, 6) is 9.53. The molecule has 0 aliphatic carbocycles. The van der Waals surface area contributed by atoms with E-state index < -0.39 is 0 Å². The highest BCUT2D eigenvalue weighted by atomic mass is 14.2. The molecule has 2 unspecified atom stereocenters. The second-order valence-corrected chi connectivity index (χ2v) is 8.10. The number of hydrogen-bond acceptors (Lipinski definition) is 0. The first kappa shape index (κ1) is 21.6. The number of unbranched alkanes of at least 4 members (excludes halogenated alkanes) is 2. The Hall–Kier alpha value is -1.42. The van der Waals surface area contributed by atoms with Crippen LogP contribution in [0.25, 0.3) is 0 Å². The molecule has 0 saturated heterocycles.